The Labute approximate surface area is 101 Å². The number of hydrogen-bond acceptors (Lipinski definition) is 1. The molecule has 0 heterocycles. The Kier molecular flexibility index (Phi) is 14.3. The molecular weight excluding hydrogens is 194 g/mol. The van der Waals surface area contributed by atoms with Gasteiger partial charge in [-0.1, -0.05) is 58.5 Å². The van der Waals surface area contributed by atoms with Gasteiger partial charge in [-0.25, -0.2) is 0 Å². The lowest BCUT2D eigenvalue weighted by molar-refractivity contribution is 1.45. The first-order chi connectivity index (χ1) is 7.86. The third-order valence-electron chi connectivity index (χ3n) is 1.59. The van der Waals surface area contributed by atoms with Crippen LogP contribution in [-0.4, -0.2) is 0 Å². The van der Waals surface area contributed by atoms with Gasteiger partial charge in [0.25, 0.3) is 0 Å². The predicted octanol–water partition coefficient (Wildman–Crippen LogP) is 5.24. The van der Waals surface area contributed by atoms with Gasteiger partial charge in [0, 0.05) is 11.4 Å². The van der Waals surface area contributed by atoms with Crippen LogP contribution in [0.3, 0.4) is 0 Å². The van der Waals surface area contributed by atoms with Gasteiger partial charge < -0.3 is 5.32 Å². The van der Waals surface area contributed by atoms with Crippen LogP contribution in [0.2, 0.25) is 0 Å². The summed E-state index contributed by atoms with van der Waals surface area (Å²) in [4.78, 5) is 0. The average Bonchev–Trinajstić information content (AvgIpc) is 2.42. The molecule has 0 unspecified atom stereocenters. The van der Waals surface area contributed by atoms with E-state index >= 15 is 0 Å². The van der Waals surface area contributed by atoms with Gasteiger partial charge in [-0.05, 0) is 25.1 Å². The van der Waals surface area contributed by atoms with E-state index in [2.05, 4.69) is 11.9 Å². The summed E-state index contributed by atoms with van der Waals surface area (Å²) in [7, 11) is 0. The molecule has 1 aromatic rings. The molecule has 1 heteroatoms. The zero-order chi connectivity index (χ0) is 12.8. The van der Waals surface area contributed by atoms with Crippen LogP contribution in [0.1, 0.15) is 34.6 Å². The topological polar surface area (TPSA) is 12.0 Å². The maximum Gasteiger partial charge on any atom is 0.0384 e. The van der Waals surface area contributed by atoms with Crippen molar-refractivity contribution in [1.29, 1.82) is 0 Å². The molecule has 0 aliphatic heterocycles. The lowest BCUT2D eigenvalue weighted by Crippen LogP contribution is -1.94. The van der Waals surface area contributed by atoms with Gasteiger partial charge in [0.2, 0.25) is 0 Å². The number of hydrogen-bond donors (Lipinski definition) is 1. The van der Waals surface area contributed by atoms with Crippen molar-refractivity contribution in [3.8, 4) is 0 Å². The van der Waals surface area contributed by atoms with Crippen LogP contribution in [-0.2, 0) is 0 Å². The highest BCUT2D eigenvalue weighted by Gasteiger charge is 1.89. The van der Waals surface area contributed by atoms with E-state index in [1.54, 1.807) is 6.08 Å². The molecule has 0 amide bonds. The van der Waals surface area contributed by atoms with Crippen molar-refractivity contribution in [2.75, 3.05) is 5.32 Å². The van der Waals surface area contributed by atoms with E-state index in [4.69, 9.17) is 0 Å². The van der Waals surface area contributed by atoms with Gasteiger partial charge in [-0.2, -0.15) is 0 Å². The minimum atomic E-state index is 1.03. The second kappa shape index (κ2) is 13.5. The third-order valence-corrected chi connectivity index (χ3v) is 1.59. The molecule has 1 aromatic carbocycles. The van der Waals surface area contributed by atoms with Gasteiger partial charge in [0.1, 0.15) is 0 Å². The van der Waals surface area contributed by atoms with Crippen LogP contribution in [0, 0.1) is 0 Å². The predicted molar refractivity (Wildman–Crippen MR) is 76.7 cm³/mol. The van der Waals surface area contributed by atoms with Gasteiger partial charge in [0.05, 0.1) is 0 Å². The summed E-state index contributed by atoms with van der Waals surface area (Å²) in [5, 5.41) is 3.22. The molecule has 0 aliphatic rings. The third kappa shape index (κ3) is 7.86. The van der Waals surface area contributed by atoms with Crippen LogP contribution >= 0.6 is 0 Å². The molecule has 0 saturated heterocycles. The quantitative estimate of drug-likeness (QED) is 0.685. The van der Waals surface area contributed by atoms with Crippen LogP contribution < -0.4 is 5.32 Å². The Morgan fingerprint density at radius 1 is 1.06 bits per heavy atom. The summed E-state index contributed by atoms with van der Waals surface area (Å²) in [5.74, 6) is 0. The fourth-order valence-electron chi connectivity index (χ4n) is 0.929. The Hall–Kier alpha value is -1.50. The molecule has 1 N–H and O–H groups in total. The molecule has 0 aliphatic carbocycles. The maximum atomic E-state index is 3.70. The summed E-state index contributed by atoms with van der Waals surface area (Å²) in [6, 6.07) is 10.0. The normalized spacial score (nSPS) is 8.94. The van der Waals surface area contributed by atoms with Crippen molar-refractivity contribution in [2.24, 2.45) is 0 Å². The van der Waals surface area contributed by atoms with Crippen LogP contribution in [0.25, 0.3) is 0 Å². The summed E-state index contributed by atoms with van der Waals surface area (Å²) in [6.45, 7) is 13.7. The monoisotopic (exact) mass is 219 g/mol. The summed E-state index contributed by atoms with van der Waals surface area (Å²) >= 11 is 0. The highest BCUT2D eigenvalue weighted by atomic mass is 14.9. The van der Waals surface area contributed by atoms with Crippen molar-refractivity contribution in [3.05, 3.63) is 54.8 Å². The summed E-state index contributed by atoms with van der Waals surface area (Å²) in [6.07, 6.45) is 3.78. The average molecular weight is 219 g/mol. The minimum Gasteiger partial charge on any atom is -0.356 e. The van der Waals surface area contributed by atoms with Crippen LogP contribution in [0.4, 0.5) is 5.69 Å². The Morgan fingerprint density at radius 2 is 1.56 bits per heavy atom. The number of rotatable bonds is 3. The minimum absolute atomic E-state index is 1.03. The molecule has 0 spiro atoms. The lowest BCUT2D eigenvalue weighted by Gasteiger charge is -2.05. The molecule has 16 heavy (non-hydrogen) atoms. The molecule has 0 aromatic heterocycles. The van der Waals surface area contributed by atoms with E-state index in [-0.39, 0.29) is 0 Å². The molecule has 1 rings (SSSR count). The second-order valence-corrected chi connectivity index (χ2v) is 2.44. The highest BCUT2D eigenvalue weighted by Crippen LogP contribution is 2.08. The fourth-order valence-corrected chi connectivity index (χ4v) is 0.929. The summed E-state index contributed by atoms with van der Waals surface area (Å²) in [5.41, 5.74) is 2.12. The zero-order valence-electron chi connectivity index (χ0n) is 11.2. The zero-order valence-corrected chi connectivity index (χ0v) is 11.2. The lowest BCUT2D eigenvalue weighted by atomic mass is 10.3. The van der Waals surface area contributed by atoms with Gasteiger partial charge in [-0.3, -0.25) is 0 Å². The van der Waals surface area contributed by atoms with E-state index < -0.39 is 0 Å². The van der Waals surface area contributed by atoms with E-state index in [1.807, 2.05) is 71.0 Å². The Bertz CT molecular complexity index is 273. The van der Waals surface area contributed by atoms with Crippen LogP contribution in [0.15, 0.2) is 54.8 Å². The smallest absolute Gasteiger partial charge is 0.0384 e. The van der Waals surface area contributed by atoms with Gasteiger partial charge in [0.15, 0.2) is 0 Å². The van der Waals surface area contributed by atoms with E-state index in [1.165, 1.54) is 0 Å². The molecule has 0 fully saturated rings. The first-order valence-electron chi connectivity index (χ1n) is 5.97. The molecule has 0 saturated carbocycles. The van der Waals surface area contributed by atoms with Crippen molar-refractivity contribution in [1.82, 2.24) is 0 Å². The Morgan fingerprint density at radius 3 is 1.94 bits per heavy atom. The molecule has 0 radical (unpaired) electrons. The SMILES string of the molecule is C=C/C(=C\C)Nc1ccccc1.CC.CC. The molecular formula is C15H25N. The largest absolute Gasteiger partial charge is 0.356 e. The van der Waals surface area contributed by atoms with E-state index in [0.29, 0.717) is 0 Å². The number of benzene rings is 1. The molecule has 90 valence electrons. The Balaban J connectivity index is 0. The number of para-hydroxylation sites is 1. The molecule has 0 bridgehead atoms. The highest BCUT2D eigenvalue weighted by molar-refractivity contribution is 5.49. The molecule has 1 nitrogen and oxygen atoms in total. The maximum absolute atomic E-state index is 3.70. The summed E-state index contributed by atoms with van der Waals surface area (Å²) < 4.78 is 0. The number of anilines is 1. The van der Waals surface area contributed by atoms with Crippen molar-refractivity contribution < 1.29 is 0 Å². The van der Waals surface area contributed by atoms with Gasteiger partial charge in [-0.15, -0.1) is 0 Å². The van der Waals surface area contributed by atoms with Crippen molar-refractivity contribution in [2.45, 2.75) is 34.6 Å². The van der Waals surface area contributed by atoms with E-state index in [9.17, 15) is 0 Å². The number of allylic oxidation sites excluding steroid dienone is 2. The fraction of sp³-hybridized carbons (Fsp3) is 0.333. The van der Waals surface area contributed by atoms with E-state index in [0.717, 1.165) is 11.4 Å². The second-order valence-electron chi connectivity index (χ2n) is 2.44. The van der Waals surface area contributed by atoms with Crippen molar-refractivity contribution >= 4 is 5.69 Å². The number of nitrogens with one attached hydrogen (secondary N) is 1. The first kappa shape index (κ1) is 16.9. The van der Waals surface area contributed by atoms with Gasteiger partial charge >= 0.3 is 0 Å². The van der Waals surface area contributed by atoms with Crippen LogP contribution in [0.5, 0.6) is 0 Å². The standard InChI is InChI=1S/C11H13N.2C2H6/c1-3-10(4-2)12-11-8-6-5-7-9-11;2*1-2/h3-9,12H,1H2,2H3;2*1-2H3/b10-4+;;. The first-order valence-corrected chi connectivity index (χ1v) is 5.97. The van der Waals surface area contributed by atoms with Crippen molar-refractivity contribution in [3.63, 3.8) is 0 Å². The molecule has 0 atom stereocenters.